The Morgan fingerprint density at radius 2 is 2.44 bits per heavy atom. The molecule has 1 heteroatoms. The number of hydrogen-bond acceptors (Lipinski definition) is 1. The smallest absolute Gasteiger partial charge is 0.00675 e. The molecule has 9 heavy (non-hydrogen) atoms. The highest BCUT2D eigenvalue weighted by Gasteiger charge is 2.11. The normalized spacial score (nSPS) is 27.0. The first-order valence-electron chi connectivity index (χ1n) is 4.17. The second-order valence-corrected chi connectivity index (χ2v) is 2.94. The van der Waals surface area contributed by atoms with Crippen molar-refractivity contribution in [2.24, 2.45) is 0 Å². The van der Waals surface area contributed by atoms with E-state index in [4.69, 9.17) is 0 Å². The number of unbranched alkanes of at least 4 members (excludes halogenated alkanes) is 1. The van der Waals surface area contributed by atoms with Crippen LogP contribution in [0.25, 0.3) is 0 Å². The zero-order chi connectivity index (χ0) is 6.53. The Hall–Kier alpha value is -0.0400. The molecule has 1 atom stereocenters. The van der Waals surface area contributed by atoms with Gasteiger partial charge in [-0.05, 0) is 25.8 Å². The van der Waals surface area contributed by atoms with E-state index in [-0.39, 0.29) is 0 Å². The number of nitrogens with one attached hydrogen (secondary N) is 1. The molecule has 54 valence electrons. The molecule has 1 unspecified atom stereocenters. The van der Waals surface area contributed by atoms with Gasteiger partial charge in [-0.25, -0.2) is 0 Å². The van der Waals surface area contributed by atoms with E-state index >= 15 is 0 Å². The van der Waals surface area contributed by atoms with Gasteiger partial charge in [0.1, 0.15) is 0 Å². The second kappa shape index (κ2) is 3.89. The fourth-order valence-electron chi connectivity index (χ4n) is 1.45. The molecule has 0 saturated carbocycles. The zero-order valence-electron chi connectivity index (χ0n) is 6.32. The standard InChI is InChI=1S/C8H17N/c1-2-3-5-8-6-4-7-9-8/h8-9H,2-7H2,1H3. The van der Waals surface area contributed by atoms with Crippen LogP contribution < -0.4 is 5.32 Å². The van der Waals surface area contributed by atoms with Crippen molar-refractivity contribution < 1.29 is 0 Å². The van der Waals surface area contributed by atoms with Gasteiger partial charge in [-0.2, -0.15) is 0 Å². The lowest BCUT2D eigenvalue weighted by molar-refractivity contribution is 0.532. The molecule has 0 aromatic heterocycles. The Kier molecular flexibility index (Phi) is 3.05. The minimum Gasteiger partial charge on any atom is -0.314 e. The van der Waals surface area contributed by atoms with Crippen LogP contribution in [0.2, 0.25) is 0 Å². The van der Waals surface area contributed by atoms with Crippen molar-refractivity contribution in [3.8, 4) is 0 Å². The van der Waals surface area contributed by atoms with Crippen molar-refractivity contribution in [3.05, 3.63) is 0 Å². The fourth-order valence-corrected chi connectivity index (χ4v) is 1.45. The second-order valence-electron chi connectivity index (χ2n) is 2.94. The van der Waals surface area contributed by atoms with E-state index < -0.39 is 0 Å². The summed E-state index contributed by atoms with van der Waals surface area (Å²) in [6.07, 6.45) is 6.96. The van der Waals surface area contributed by atoms with Gasteiger partial charge in [-0.1, -0.05) is 19.8 Å². The Morgan fingerprint density at radius 3 is 3.00 bits per heavy atom. The van der Waals surface area contributed by atoms with Gasteiger partial charge in [-0.15, -0.1) is 0 Å². The summed E-state index contributed by atoms with van der Waals surface area (Å²) in [7, 11) is 0. The molecular formula is C8H17N. The van der Waals surface area contributed by atoms with Crippen LogP contribution in [0.15, 0.2) is 0 Å². The Morgan fingerprint density at radius 1 is 1.56 bits per heavy atom. The van der Waals surface area contributed by atoms with Crippen LogP contribution in [0.3, 0.4) is 0 Å². The van der Waals surface area contributed by atoms with Crippen LogP contribution in [0.1, 0.15) is 39.0 Å². The van der Waals surface area contributed by atoms with E-state index in [0.29, 0.717) is 0 Å². The predicted octanol–water partition coefficient (Wildman–Crippen LogP) is 1.93. The molecule has 1 nitrogen and oxygen atoms in total. The lowest BCUT2D eigenvalue weighted by Gasteiger charge is -2.06. The molecule has 0 bridgehead atoms. The molecule has 0 spiro atoms. The molecular weight excluding hydrogens is 110 g/mol. The van der Waals surface area contributed by atoms with Crippen molar-refractivity contribution >= 4 is 0 Å². The van der Waals surface area contributed by atoms with Gasteiger partial charge in [0.2, 0.25) is 0 Å². The van der Waals surface area contributed by atoms with Crippen LogP contribution >= 0.6 is 0 Å². The molecule has 0 aromatic carbocycles. The van der Waals surface area contributed by atoms with E-state index in [0.717, 1.165) is 6.04 Å². The first-order chi connectivity index (χ1) is 4.43. The summed E-state index contributed by atoms with van der Waals surface area (Å²) in [5, 5.41) is 3.49. The Bertz CT molecular complexity index is 65.0. The summed E-state index contributed by atoms with van der Waals surface area (Å²) in [6.45, 7) is 3.52. The van der Waals surface area contributed by atoms with Crippen LogP contribution in [-0.2, 0) is 0 Å². The molecule has 0 amide bonds. The summed E-state index contributed by atoms with van der Waals surface area (Å²) < 4.78 is 0. The summed E-state index contributed by atoms with van der Waals surface area (Å²) in [5.74, 6) is 0. The maximum Gasteiger partial charge on any atom is 0.00675 e. The quantitative estimate of drug-likeness (QED) is 0.611. The number of rotatable bonds is 3. The van der Waals surface area contributed by atoms with Crippen molar-refractivity contribution in [1.29, 1.82) is 0 Å². The SMILES string of the molecule is CCCCC1CCCN1. The molecule has 1 fully saturated rings. The van der Waals surface area contributed by atoms with Gasteiger partial charge in [0.05, 0.1) is 0 Å². The van der Waals surface area contributed by atoms with Gasteiger partial charge in [0.15, 0.2) is 0 Å². The van der Waals surface area contributed by atoms with Crippen molar-refractivity contribution in [3.63, 3.8) is 0 Å². The third-order valence-electron chi connectivity index (χ3n) is 2.07. The fraction of sp³-hybridized carbons (Fsp3) is 1.00. The third-order valence-corrected chi connectivity index (χ3v) is 2.07. The summed E-state index contributed by atoms with van der Waals surface area (Å²) in [5.41, 5.74) is 0. The summed E-state index contributed by atoms with van der Waals surface area (Å²) >= 11 is 0. The average Bonchev–Trinajstić information content (AvgIpc) is 2.34. The molecule has 1 rings (SSSR count). The minimum atomic E-state index is 0.866. The van der Waals surface area contributed by atoms with E-state index in [1.54, 1.807) is 0 Å². The molecule has 0 aromatic rings. The van der Waals surface area contributed by atoms with Gasteiger partial charge in [0, 0.05) is 6.04 Å². The maximum atomic E-state index is 3.49. The van der Waals surface area contributed by atoms with Crippen LogP contribution in [-0.4, -0.2) is 12.6 Å². The van der Waals surface area contributed by atoms with Gasteiger partial charge in [0.25, 0.3) is 0 Å². The summed E-state index contributed by atoms with van der Waals surface area (Å²) in [4.78, 5) is 0. The zero-order valence-corrected chi connectivity index (χ0v) is 6.32. The monoisotopic (exact) mass is 127 g/mol. The Balaban J connectivity index is 1.98. The summed E-state index contributed by atoms with van der Waals surface area (Å²) in [6, 6.07) is 0.866. The predicted molar refractivity (Wildman–Crippen MR) is 40.5 cm³/mol. The highest BCUT2D eigenvalue weighted by Crippen LogP contribution is 2.11. The van der Waals surface area contributed by atoms with E-state index in [2.05, 4.69) is 12.2 Å². The molecule has 0 aliphatic carbocycles. The molecule has 1 aliphatic rings. The first kappa shape index (κ1) is 7.07. The number of hydrogen-bond donors (Lipinski definition) is 1. The van der Waals surface area contributed by atoms with E-state index in [1.807, 2.05) is 0 Å². The third kappa shape index (κ3) is 2.35. The van der Waals surface area contributed by atoms with Gasteiger partial charge >= 0.3 is 0 Å². The van der Waals surface area contributed by atoms with E-state index in [9.17, 15) is 0 Å². The molecule has 1 saturated heterocycles. The largest absolute Gasteiger partial charge is 0.314 e. The lowest BCUT2D eigenvalue weighted by atomic mass is 10.1. The molecule has 1 aliphatic heterocycles. The first-order valence-corrected chi connectivity index (χ1v) is 4.17. The Labute approximate surface area is 57.8 Å². The lowest BCUT2D eigenvalue weighted by Crippen LogP contribution is -2.20. The van der Waals surface area contributed by atoms with Crippen LogP contribution in [0.4, 0.5) is 0 Å². The molecule has 0 radical (unpaired) electrons. The van der Waals surface area contributed by atoms with Crippen LogP contribution in [0.5, 0.6) is 0 Å². The highest BCUT2D eigenvalue weighted by atomic mass is 14.9. The van der Waals surface area contributed by atoms with Crippen molar-refractivity contribution in [2.45, 2.75) is 45.1 Å². The van der Waals surface area contributed by atoms with Crippen molar-refractivity contribution in [2.75, 3.05) is 6.54 Å². The minimum absolute atomic E-state index is 0.866. The average molecular weight is 127 g/mol. The molecule has 1 heterocycles. The van der Waals surface area contributed by atoms with E-state index in [1.165, 1.54) is 38.6 Å². The molecule has 1 N–H and O–H groups in total. The van der Waals surface area contributed by atoms with Gasteiger partial charge < -0.3 is 5.32 Å². The van der Waals surface area contributed by atoms with Crippen molar-refractivity contribution in [1.82, 2.24) is 5.32 Å². The topological polar surface area (TPSA) is 12.0 Å². The van der Waals surface area contributed by atoms with Crippen LogP contribution in [0, 0.1) is 0 Å². The highest BCUT2D eigenvalue weighted by molar-refractivity contribution is 4.73. The maximum absolute atomic E-state index is 3.49. The van der Waals surface area contributed by atoms with Gasteiger partial charge in [-0.3, -0.25) is 0 Å².